The van der Waals surface area contributed by atoms with Crippen LogP contribution in [0.2, 0.25) is 5.02 Å². The number of hydrogen-bond donors (Lipinski definition) is 1. The van der Waals surface area contributed by atoms with Gasteiger partial charge >= 0.3 is 0 Å². The molecule has 1 amide bonds. The molecule has 3 rings (SSSR count). The molecule has 0 spiro atoms. The summed E-state index contributed by atoms with van der Waals surface area (Å²) in [6, 6.07) is 20.3. The third-order valence-electron chi connectivity index (χ3n) is 4.43. The molecular weight excluding hydrogens is 408 g/mol. The van der Waals surface area contributed by atoms with Gasteiger partial charge in [-0.15, -0.1) is 0 Å². The predicted molar refractivity (Wildman–Crippen MR) is 116 cm³/mol. The van der Waals surface area contributed by atoms with Gasteiger partial charge in [-0.1, -0.05) is 47.5 Å². The minimum absolute atomic E-state index is 0.183. The van der Waals surface area contributed by atoms with Gasteiger partial charge in [0.1, 0.15) is 0 Å². The first-order valence-electron chi connectivity index (χ1n) is 8.95. The highest BCUT2D eigenvalue weighted by Gasteiger charge is 2.16. The topological polar surface area (TPSA) is 66.5 Å². The summed E-state index contributed by atoms with van der Waals surface area (Å²) >= 11 is 6.16. The minimum atomic E-state index is -3.68. The van der Waals surface area contributed by atoms with E-state index in [4.69, 9.17) is 11.6 Å². The van der Waals surface area contributed by atoms with E-state index in [1.807, 2.05) is 25.1 Å². The van der Waals surface area contributed by atoms with Crippen LogP contribution in [0.15, 0.2) is 77.7 Å². The molecule has 0 aliphatic rings. The van der Waals surface area contributed by atoms with Crippen molar-refractivity contribution in [2.45, 2.75) is 18.4 Å². The average Bonchev–Trinajstić information content (AvgIpc) is 2.70. The van der Waals surface area contributed by atoms with Crippen LogP contribution in [0.25, 0.3) is 0 Å². The number of amides is 1. The molecule has 0 unspecified atom stereocenters. The zero-order chi connectivity index (χ0) is 21.0. The second-order valence-corrected chi connectivity index (χ2v) is 8.84. The van der Waals surface area contributed by atoms with Crippen LogP contribution in [-0.4, -0.2) is 26.3 Å². The molecule has 5 nitrogen and oxygen atoms in total. The first-order chi connectivity index (χ1) is 13.8. The summed E-state index contributed by atoms with van der Waals surface area (Å²) in [6.07, 6.45) is 0. The van der Waals surface area contributed by atoms with Gasteiger partial charge in [-0.2, -0.15) is 0 Å². The van der Waals surface area contributed by atoms with Gasteiger partial charge in [0.25, 0.3) is 15.9 Å². The quantitative estimate of drug-likeness (QED) is 0.617. The molecule has 29 heavy (non-hydrogen) atoms. The predicted octanol–water partition coefficient (Wildman–Crippen LogP) is 4.72. The van der Waals surface area contributed by atoms with Gasteiger partial charge in [0.05, 0.1) is 4.90 Å². The molecule has 150 valence electrons. The van der Waals surface area contributed by atoms with Crippen LogP contribution in [0.3, 0.4) is 0 Å². The molecule has 0 saturated heterocycles. The number of hydrogen-bond acceptors (Lipinski definition) is 3. The van der Waals surface area contributed by atoms with Crippen molar-refractivity contribution in [2.24, 2.45) is 0 Å². The maximum atomic E-state index is 12.7. The third-order valence-corrected chi connectivity index (χ3v) is 6.19. The molecule has 0 bridgehead atoms. The zero-order valence-corrected chi connectivity index (χ0v) is 17.7. The number of benzene rings is 3. The molecule has 0 atom stereocenters. The van der Waals surface area contributed by atoms with Crippen molar-refractivity contribution in [3.05, 3.63) is 94.5 Å². The summed E-state index contributed by atoms with van der Waals surface area (Å²) in [7, 11) is -1.99. The van der Waals surface area contributed by atoms with E-state index in [0.29, 0.717) is 22.8 Å². The fraction of sp³-hybridized carbons (Fsp3) is 0.136. The van der Waals surface area contributed by atoms with Crippen LogP contribution < -0.4 is 4.72 Å². The van der Waals surface area contributed by atoms with E-state index in [1.54, 1.807) is 66.5 Å². The Bertz CT molecular complexity index is 1110. The Morgan fingerprint density at radius 3 is 2.21 bits per heavy atom. The summed E-state index contributed by atoms with van der Waals surface area (Å²) in [5.41, 5.74) is 2.67. The summed E-state index contributed by atoms with van der Waals surface area (Å²) in [6.45, 7) is 2.27. The lowest BCUT2D eigenvalue weighted by molar-refractivity contribution is 0.0785. The minimum Gasteiger partial charge on any atom is -0.337 e. The van der Waals surface area contributed by atoms with Gasteiger partial charge in [-0.3, -0.25) is 9.52 Å². The highest BCUT2D eigenvalue weighted by Crippen LogP contribution is 2.20. The molecule has 7 heteroatoms. The second kappa shape index (κ2) is 8.68. The van der Waals surface area contributed by atoms with Gasteiger partial charge < -0.3 is 4.90 Å². The van der Waals surface area contributed by atoms with Crippen molar-refractivity contribution >= 4 is 33.2 Å². The van der Waals surface area contributed by atoms with Crippen LogP contribution >= 0.6 is 11.6 Å². The molecule has 3 aromatic carbocycles. The highest BCUT2D eigenvalue weighted by molar-refractivity contribution is 7.92. The Balaban J connectivity index is 1.70. The van der Waals surface area contributed by atoms with Gasteiger partial charge in [-0.25, -0.2) is 8.42 Å². The molecule has 0 radical (unpaired) electrons. The lowest BCUT2D eigenvalue weighted by Gasteiger charge is -2.18. The molecule has 0 aromatic heterocycles. The highest BCUT2D eigenvalue weighted by atomic mass is 35.5. The fourth-order valence-electron chi connectivity index (χ4n) is 2.79. The van der Waals surface area contributed by atoms with Crippen molar-refractivity contribution in [2.75, 3.05) is 11.8 Å². The van der Waals surface area contributed by atoms with Crippen LogP contribution in [0.5, 0.6) is 0 Å². The molecule has 3 aromatic rings. The van der Waals surface area contributed by atoms with Crippen LogP contribution in [-0.2, 0) is 16.6 Å². The third kappa shape index (κ3) is 5.16. The summed E-state index contributed by atoms with van der Waals surface area (Å²) in [4.78, 5) is 14.4. The van der Waals surface area contributed by atoms with Gasteiger partial charge in [0, 0.05) is 29.9 Å². The largest absolute Gasteiger partial charge is 0.337 e. The lowest BCUT2D eigenvalue weighted by Crippen LogP contribution is -2.26. The maximum absolute atomic E-state index is 12.7. The number of nitrogens with zero attached hydrogens (tertiary/aromatic N) is 1. The standard InChI is InChI=1S/C22H21ClN2O3S/c1-16-7-13-20(14-8-16)29(27,28)24-19-11-9-17(10-12-19)22(26)25(2)15-18-5-3-4-6-21(18)23/h3-14,24H,15H2,1-2H3. The normalized spacial score (nSPS) is 11.1. The molecule has 0 fully saturated rings. The number of carbonyl (C=O) groups is 1. The number of halogens is 1. The van der Waals surface area contributed by atoms with Gasteiger partial charge in [0.2, 0.25) is 0 Å². The first kappa shape index (κ1) is 20.9. The molecule has 0 heterocycles. The van der Waals surface area contributed by atoms with Crippen LogP contribution in [0, 0.1) is 6.92 Å². The molecule has 0 aliphatic carbocycles. The van der Waals surface area contributed by atoms with E-state index in [-0.39, 0.29) is 10.8 Å². The Morgan fingerprint density at radius 2 is 1.59 bits per heavy atom. The van der Waals surface area contributed by atoms with E-state index in [0.717, 1.165) is 11.1 Å². The van der Waals surface area contributed by atoms with E-state index in [1.165, 1.54) is 0 Å². The molecule has 0 aliphatic heterocycles. The Morgan fingerprint density at radius 1 is 0.966 bits per heavy atom. The average molecular weight is 429 g/mol. The van der Waals surface area contributed by atoms with Crippen molar-refractivity contribution in [3.63, 3.8) is 0 Å². The number of sulfonamides is 1. The fourth-order valence-corrected chi connectivity index (χ4v) is 4.04. The number of nitrogens with one attached hydrogen (secondary N) is 1. The number of anilines is 1. The van der Waals surface area contributed by atoms with E-state index < -0.39 is 10.0 Å². The molecule has 0 saturated carbocycles. The molecular formula is C22H21ClN2O3S. The second-order valence-electron chi connectivity index (χ2n) is 6.75. The SMILES string of the molecule is Cc1ccc(S(=O)(=O)Nc2ccc(C(=O)N(C)Cc3ccccc3Cl)cc2)cc1. The van der Waals surface area contributed by atoms with E-state index >= 15 is 0 Å². The summed E-state index contributed by atoms with van der Waals surface area (Å²) in [5, 5.41) is 0.605. The molecule has 1 N–H and O–H groups in total. The van der Waals surface area contributed by atoms with Crippen molar-refractivity contribution in [1.29, 1.82) is 0 Å². The smallest absolute Gasteiger partial charge is 0.261 e. The monoisotopic (exact) mass is 428 g/mol. The Kier molecular flexibility index (Phi) is 6.25. The maximum Gasteiger partial charge on any atom is 0.261 e. The summed E-state index contributed by atoms with van der Waals surface area (Å²) in [5.74, 6) is -0.183. The number of rotatable bonds is 6. The van der Waals surface area contributed by atoms with Gasteiger partial charge in [-0.05, 0) is 55.0 Å². The Hall–Kier alpha value is -2.83. The van der Waals surface area contributed by atoms with Crippen molar-refractivity contribution < 1.29 is 13.2 Å². The number of aryl methyl sites for hydroxylation is 1. The van der Waals surface area contributed by atoms with E-state index in [9.17, 15) is 13.2 Å². The van der Waals surface area contributed by atoms with Crippen molar-refractivity contribution in [1.82, 2.24) is 4.90 Å². The zero-order valence-electron chi connectivity index (χ0n) is 16.1. The van der Waals surface area contributed by atoms with Crippen LogP contribution in [0.1, 0.15) is 21.5 Å². The first-order valence-corrected chi connectivity index (χ1v) is 10.8. The summed E-state index contributed by atoms with van der Waals surface area (Å²) < 4.78 is 27.5. The lowest BCUT2D eigenvalue weighted by atomic mass is 10.1. The van der Waals surface area contributed by atoms with E-state index in [2.05, 4.69) is 4.72 Å². The number of carbonyl (C=O) groups excluding carboxylic acids is 1. The van der Waals surface area contributed by atoms with Crippen molar-refractivity contribution in [3.8, 4) is 0 Å². The Labute approximate surface area is 176 Å². The van der Waals surface area contributed by atoms with Crippen LogP contribution in [0.4, 0.5) is 5.69 Å². The van der Waals surface area contributed by atoms with Gasteiger partial charge in [0.15, 0.2) is 0 Å².